The summed E-state index contributed by atoms with van der Waals surface area (Å²) in [4.78, 5) is 48.2. The van der Waals surface area contributed by atoms with Crippen molar-refractivity contribution < 1.29 is 45.8 Å². The summed E-state index contributed by atoms with van der Waals surface area (Å²) in [5.74, 6) is -4.64. The van der Waals surface area contributed by atoms with Crippen LogP contribution in [0.2, 0.25) is 0 Å². The van der Waals surface area contributed by atoms with Gasteiger partial charge in [-0.1, -0.05) is 13.0 Å². The van der Waals surface area contributed by atoms with Crippen LogP contribution in [0.4, 0.5) is 37.8 Å². The normalized spacial score (nSPS) is 24.7. The number of carbonyl (C=O) groups is 2. The molecule has 2 bridgehead atoms. The van der Waals surface area contributed by atoms with Gasteiger partial charge in [-0.05, 0) is 98.0 Å². The van der Waals surface area contributed by atoms with Crippen LogP contribution in [0.3, 0.4) is 0 Å². The molecule has 7 fully saturated rings. The van der Waals surface area contributed by atoms with Crippen molar-refractivity contribution in [3.63, 3.8) is 0 Å². The van der Waals surface area contributed by atoms with Gasteiger partial charge in [0.1, 0.15) is 51.6 Å². The van der Waals surface area contributed by atoms with Crippen LogP contribution in [-0.2, 0) is 16.0 Å². The Morgan fingerprint density at radius 1 is 0.773 bits per heavy atom. The third-order valence-electron chi connectivity index (χ3n) is 17.1. The van der Waals surface area contributed by atoms with E-state index in [1.165, 1.54) is 30.3 Å². The van der Waals surface area contributed by atoms with E-state index in [0.29, 0.717) is 111 Å². The lowest BCUT2D eigenvalue weighted by atomic mass is 9.88. The zero-order valence-electron chi connectivity index (χ0n) is 42.1. The second-order valence-corrected chi connectivity index (χ2v) is 22.6. The maximum atomic E-state index is 17.2. The molecular formula is C55H62F6N10O4. The number of amides is 2. The molecule has 398 valence electrons. The average molecular weight is 1040 g/mol. The molecule has 5 aromatic rings. The van der Waals surface area contributed by atoms with Crippen LogP contribution < -0.4 is 25.2 Å². The number of imide groups is 1. The predicted molar refractivity (Wildman–Crippen MR) is 270 cm³/mol. The smallest absolute Gasteiger partial charge is 0.319 e. The number of nitrogens with one attached hydrogen (secondary N) is 2. The van der Waals surface area contributed by atoms with E-state index in [9.17, 15) is 14.7 Å². The molecule has 1 saturated carbocycles. The fourth-order valence-corrected chi connectivity index (χ4v) is 13.0. The highest BCUT2D eigenvalue weighted by Crippen LogP contribution is 2.48. The Kier molecular flexibility index (Phi) is 12.9. The van der Waals surface area contributed by atoms with Crippen LogP contribution >= 0.6 is 0 Å². The average Bonchev–Trinajstić information content (AvgIpc) is 4.06. The molecule has 12 rings (SSSR count). The standard InChI is InChI=1S/C55H62F6N10O4/c1-2-37-41(56)7-3-32-19-36(72)22-39(45(32)37)48-47(59)49-40(23-62-48)50(71-24-33-4-5-34(25-71)63-33)66-52(65-49)75-31-53(9-10-53)26-67-13-11-54(60,12-14-67)27-69-29-55(61,30-69)28-68-15-17-70(18-16-68)35-20-42(57)46(43(58)21-35)38-6-8-44(73)64-51(38)74/h3,7,19-23,33-34,38,63,72H,2,4-6,8-18,24-31H2,1H3,(H,64,73,74). The number of likely N-dealkylation sites (tertiary alicyclic amines) is 2. The molecule has 7 aliphatic rings. The van der Waals surface area contributed by atoms with Gasteiger partial charge in [-0.25, -0.2) is 26.3 Å². The Balaban J connectivity index is 0.656. The van der Waals surface area contributed by atoms with Crippen LogP contribution in [-0.4, -0.2) is 162 Å². The minimum Gasteiger partial charge on any atom is -0.508 e. The van der Waals surface area contributed by atoms with Crippen molar-refractivity contribution in [2.45, 2.75) is 94.1 Å². The van der Waals surface area contributed by atoms with Gasteiger partial charge in [-0.15, -0.1) is 0 Å². The summed E-state index contributed by atoms with van der Waals surface area (Å²) < 4.78 is 102. The quantitative estimate of drug-likeness (QED) is 0.0782. The summed E-state index contributed by atoms with van der Waals surface area (Å²) >= 11 is 0. The number of piperazine rings is 2. The van der Waals surface area contributed by atoms with Gasteiger partial charge in [0, 0.05) is 132 Å². The van der Waals surface area contributed by atoms with Crippen molar-refractivity contribution in [3.8, 4) is 23.0 Å². The Bertz CT molecular complexity index is 3030. The number of nitrogens with zero attached hydrogens (tertiary/aromatic N) is 8. The second-order valence-electron chi connectivity index (χ2n) is 22.6. The third kappa shape index (κ3) is 9.84. The summed E-state index contributed by atoms with van der Waals surface area (Å²) in [6.45, 7) is 7.64. The molecule has 2 aromatic heterocycles. The first-order valence-electron chi connectivity index (χ1n) is 26.6. The monoisotopic (exact) mass is 1040 g/mol. The van der Waals surface area contributed by atoms with E-state index in [1.807, 2.05) is 21.6 Å². The first kappa shape index (κ1) is 50.0. The largest absolute Gasteiger partial charge is 0.508 e. The highest BCUT2D eigenvalue weighted by molar-refractivity contribution is 6.02. The maximum absolute atomic E-state index is 17.2. The van der Waals surface area contributed by atoms with E-state index < -0.39 is 52.3 Å². The summed E-state index contributed by atoms with van der Waals surface area (Å²) in [5.41, 5.74) is -2.54. The number of pyridine rings is 1. The second kappa shape index (κ2) is 19.3. The number of aryl methyl sites for hydroxylation is 1. The van der Waals surface area contributed by atoms with Gasteiger partial charge >= 0.3 is 6.01 Å². The molecule has 0 radical (unpaired) electrons. The molecule has 3 atom stereocenters. The minimum absolute atomic E-state index is 0.00878. The molecule has 3 unspecified atom stereocenters. The molecule has 8 heterocycles. The highest BCUT2D eigenvalue weighted by atomic mass is 19.2. The molecule has 6 aliphatic heterocycles. The topological polar surface area (TPSA) is 143 Å². The minimum atomic E-state index is -1.50. The fraction of sp³-hybridized carbons (Fsp3) is 0.545. The lowest BCUT2D eigenvalue weighted by Gasteiger charge is -2.50. The molecule has 0 spiro atoms. The van der Waals surface area contributed by atoms with Gasteiger partial charge in [0.25, 0.3) is 0 Å². The zero-order valence-corrected chi connectivity index (χ0v) is 42.1. The molecule has 20 heteroatoms. The number of anilines is 2. The number of aromatic nitrogens is 3. The first-order chi connectivity index (χ1) is 36.0. The van der Waals surface area contributed by atoms with E-state index in [0.717, 1.165) is 25.7 Å². The molecule has 14 nitrogen and oxygen atoms in total. The summed E-state index contributed by atoms with van der Waals surface area (Å²) in [6.07, 6.45) is 6.44. The number of rotatable bonds is 14. The number of phenolic OH excluding ortho intramolecular Hbond substituents is 1. The van der Waals surface area contributed by atoms with Crippen molar-refractivity contribution >= 4 is 45.0 Å². The Labute approximate surface area is 430 Å². The number of hydrogen-bond acceptors (Lipinski definition) is 13. The molecule has 6 saturated heterocycles. The first-order valence-corrected chi connectivity index (χ1v) is 26.6. The van der Waals surface area contributed by atoms with Crippen molar-refractivity contribution in [2.24, 2.45) is 5.41 Å². The summed E-state index contributed by atoms with van der Waals surface area (Å²) in [7, 11) is 0. The maximum Gasteiger partial charge on any atom is 0.319 e. The highest BCUT2D eigenvalue weighted by Gasteiger charge is 2.50. The zero-order chi connectivity index (χ0) is 52.0. The number of hydrogen-bond donors (Lipinski definition) is 3. The molecule has 75 heavy (non-hydrogen) atoms. The number of alkyl halides is 2. The lowest BCUT2D eigenvalue weighted by molar-refractivity contribution is -0.134. The van der Waals surface area contributed by atoms with Gasteiger partial charge < -0.3 is 29.9 Å². The van der Waals surface area contributed by atoms with Crippen LogP contribution in [0.1, 0.15) is 75.3 Å². The predicted octanol–water partition coefficient (Wildman–Crippen LogP) is 6.94. The van der Waals surface area contributed by atoms with E-state index in [-0.39, 0.29) is 97.2 Å². The van der Waals surface area contributed by atoms with Gasteiger partial charge in [-0.3, -0.25) is 29.7 Å². The molecule has 1 aliphatic carbocycles. The Hall–Kier alpha value is -5.83. The summed E-state index contributed by atoms with van der Waals surface area (Å²) in [5, 5.41) is 18.0. The van der Waals surface area contributed by atoms with Crippen LogP contribution in [0.15, 0.2) is 42.6 Å². The molecule has 3 aromatic carbocycles. The van der Waals surface area contributed by atoms with Crippen LogP contribution in [0.25, 0.3) is 32.9 Å². The summed E-state index contributed by atoms with van der Waals surface area (Å²) in [6, 6.07) is 8.87. The molecule has 3 N–H and O–H groups in total. The number of ether oxygens (including phenoxy) is 1. The number of piperidine rings is 2. The third-order valence-corrected chi connectivity index (χ3v) is 17.1. The van der Waals surface area contributed by atoms with E-state index in [1.54, 1.807) is 12.3 Å². The van der Waals surface area contributed by atoms with Crippen molar-refractivity contribution in [3.05, 3.63) is 77.0 Å². The number of benzene rings is 3. The van der Waals surface area contributed by atoms with Crippen molar-refractivity contribution in [1.82, 2.24) is 40.3 Å². The fourth-order valence-electron chi connectivity index (χ4n) is 13.0. The number of aromatic hydroxyl groups is 1. The van der Waals surface area contributed by atoms with Gasteiger partial charge in [-0.2, -0.15) is 9.97 Å². The number of halogens is 6. The number of carbonyl (C=O) groups excluding carboxylic acids is 2. The van der Waals surface area contributed by atoms with E-state index in [4.69, 9.17) is 9.72 Å². The van der Waals surface area contributed by atoms with Crippen molar-refractivity contribution in [2.75, 3.05) is 101 Å². The van der Waals surface area contributed by atoms with Gasteiger partial charge in [0.05, 0.1) is 17.9 Å². The van der Waals surface area contributed by atoms with E-state index >= 15 is 26.3 Å². The van der Waals surface area contributed by atoms with Crippen molar-refractivity contribution in [1.29, 1.82) is 0 Å². The molecule has 2 amide bonds. The van der Waals surface area contributed by atoms with Crippen LogP contribution in [0.5, 0.6) is 11.8 Å². The Morgan fingerprint density at radius 2 is 1.47 bits per heavy atom. The molecular weight excluding hydrogens is 979 g/mol. The van der Waals surface area contributed by atoms with E-state index in [2.05, 4.69) is 30.4 Å². The van der Waals surface area contributed by atoms with Crippen LogP contribution in [0, 0.1) is 28.7 Å². The Morgan fingerprint density at radius 3 is 2.15 bits per heavy atom. The number of fused-ring (bicyclic) bond motifs is 4. The van der Waals surface area contributed by atoms with Gasteiger partial charge in [0.15, 0.2) is 5.82 Å². The SMILES string of the molecule is CCc1c(F)ccc2cc(O)cc(-c3ncc4c(N5CC6CCC(C5)N6)nc(OCC5(CN6CCC(F)(CN7CC(F)(CN8CCN(c9cc(F)c(C%10CCC(=O)NC%10=O)c(F)c9)CC8)C7)CC6)CC5)nc4c3F)c12. The van der Waals surface area contributed by atoms with Gasteiger partial charge in [0.2, 0.25) is 11.8 Å². The lowest BCUT2D eigenvalue weighted by Crippen LogP contribution is -2.67. The number of phenols is 1.